The summed E-state index contributed by atoms with van der Waals surface area (Å²) in [4.78, 5) is 3.57. The van der Waals surface area contributed by atoms with Gasteiger partial charge in [0.2, 0.25) is 5.95 Å². The Kier molecular flexibility index (Phi) is 4.26. The Morgan fingerprint density at radius 3 is 3.07 bits per heavy atom. The molecule has 0 aromatic carbocycles. The van der Waals surface area contributed by atoms with E-state index >= 15 is 0 Å². The van der Waals surface area contributed by atoms with Gasteiger partial charge in [-0.15, -0.1) is 0 Å². The van der Waals surface area contributed by atoms with Crippen LogP contribution in [0.3, 0.4) is 0 Å². The molecule has 0 radical (unpaired) electrons. The highest BCUT2D eigenvalue weighted by Crippen LogP contribution is 2.09. The van der Waals surface area contributed by atoms with Crippen molar-refractivity contribution in [3.8, 4) is 0 Å². The summed E-state index contributed by atoms with van der Waals surface area (Å²) in [5, 5.41) is 3.04. The first-order chi connectivity index (χ1) is 6.74. The van der Waals surface area contributed by atoms with E-state index in [1.807, 2.05) is 26.1 Å². The third-order valence-corrected chi connectivity index (χ3v) is 1.97. The lowest BCUT2D eigenvalue weighted by atomic mass is 10.1. The molecule has 0 aliphatic rings. The van der Waals surface area contributed by atoms with Crippen LogP contribution in [0.4, 0.5) is 4.39 Å². The van der Waals surface area contributed by atoms with Crippen molar-refractivity contribution in [2.75, 3.05) is 13.6 Å². The largest absolute Gasteiger partial charge is 0.319 e. The number of aryl methyl sites for hydroxylation is 1. The van der Waals surface area contributed by atoms with Gasteiger partial charge in [-0.25, -0.2) is 4.98 Å². The maximum atomic E-state index is 12.8. The van der Waals surface area contributed by atoms with Gasteiger partial charge in [-0.05, 0) is 38.1 Å². The van der Waals surface area contributed by atoms with Gasteiger partial charge < -0.3 is 5.32 Å². The molecule has 0 fully saturated rings. The summed E-state index contributed by atoms with van der Waals surface area (Å²) in [7, 11) is 1.91. The smallest absolute Gasteiger partial charge is 0.213 e. The van der Waals surface area contributed by atoms with Crippen LogP contribution in [0.1, 0.15) is 17.5 Å². The van der Waals surface area contributed by atoms with Gasteiger partial charge in [0.1, 0.15) is 0 Å². The molecule has 3 heteroatoms. The predicted octanol–water partition coefficient (Wildman–Crippen LogP) is 2.15. The van der Waals surface area contributed by atoms with E-state index in [0.717, 1.165) is 24.1 Å². The second-order valence-electron chi connectivity index (χ2n) is 3.16. The van der Waals surface area contributed by atoms with Gasteiger partial charge in [0.25, 0.3) is 0 Å². The lowest BCUT2D eigenvalue weighted by molar-refractivity contribution is 0.582. The molecular formula is C11H15FN2. The number of hydrogen-bond donors (Lipinski definition) is 1. The van der Waals surface area contributed by atoms with E-state index in [2.05, 4.69) is 10.3 Å². The van der Waals surface area contributed by atoms with Crippen molar-refractivity contribution in [1.29, 1.82) is 0 Å². The van der Waals surface area contributed by atoms with Crippen LogP contribution in [-0.4, -0.2) is 18.6 Å². The first kappa shape index (κ1) is 10.9. The van der Waals surface area contributed by atoms with Gasteiger partial charge in [0, 0.05) is 12.3 Å². The number of pyridine rings is 1. The molecule has 0 aliphatic carbocycles. The molecule has 76 valence electrons. The lowest BCUT2D eigenvalue weighted by Crippen LogP contribution is -2.05. The van der Waals surface area contributed by atoms with E-state index in [1.54, 1.807) is 6.20 Å². The second-order valence-corrected chi connectivity index (χ2v) is 3.16. The maximum Gasteiger partial charge on any atom is 0.213 e. The molecular weight excluding hydrogens is 179 g/mol. The van der Waals surface area contributed by atoms with E-state index in [0.29, 0.717) is 0 Å². The Hall–Kier alpha value is -1.22. The summed E-state index contributed by atoms with van der Waals surface area (Å²) >= 11 is 0. The van der Waals surface area contributed by atoms with Gasteiger partial charge in [0.05, 0.1) is 0 Å². The Morgan fingerprint density at radius 1 is 1.57 bits per heavy atom. The van der Waals surface area contributed by atoms with Crippen molar-refractivity contribution in [1.82, 2.24) is 10.3 Å². The molecule has 0 unspecified atom stereocenters. The number of halogens is 1. The molecule has 1 aromatic rings. The summed E-state index contributed by atoms with van der Waals surface area (Å²) in [6.45, 7) is 2.85. The van der Waals surface area contributed by atoms with E-state index in [4.69, 9.17) is 0 Å². The number of rotatable bonds is 4. The zero-order chi connectivity index (χ0) is 10.4. The number of nitrogens with one attached hydrogen (secondary N) is 1. The maximum absolute atomic E-state index is 12.8. The Balaban J connectivity index is 2.65. The van der Waals surface area contributed by atoms with Crippen molar-refractivity contribution in [3.05, 3.63) is 35.4 Å². The van der Waals surface area contributed by atoms with Crippen LogP contribution in [0.15, 0.2) is 18.3 Å². The van der Waals surface area contributed by atoms with E-state index < -0.39 is 5.95 Å². The van der Waals surface area contributed by atoms with Gasteiger partial charge in [-0.1, -0.05) is 12.2 Å². The molecule has 14 heavy (non-hydrogen) atoms. The monoisotopic (exact) mass is 194 g/mol. The minimum atomic E-state index is -0.427. The third-order valence-electron chi connectivity index (χ3n) is 1.97. The van der Waals surface area contributed by atoms with Gasteiger partial charge in [-0.2, -0.15) is 4.39 Å². The minimum absolute atomic E-state index is 0.427. The van der Waals surface area contributed by atoms with Gasteiger partial charge in [-0.3, -0.25) is 0 Å². The predicted molar refractivity (Wildman–Crippen MR) is 56.5 cm³/mol. The molecule has 0 saturated heterocycles. The number of nitrogens with zero attached hydrogens (tertiary/aromatic N) is 1. The van der Waals surface area contributed by atoms with Crippen molar-refractivity contribution >= 4 is 6.08 Å². The van der Waals surface area contributed by atoms with E-state index in [-0.39, 0.29) is 0 Å². The SMILES string of the molecule is CNCCC=Cc1cc(F)ncc1C. The summed E-state index contributed by atoms with van der Waals surface area (Å²) < 4.78 is 12.8. The fraction of sp³-hybridized carbons (Fsp3) is 0.364. The third kappa shape index (κ3) is 3.26. The highest BCUT2D eigenvalue weighted by molar-refractivity contribution is 5.52. The molecule has 1 rings (SSSR count). The van der Waals surface area contributed by atoms with E-state index in [1.165, 1.54) is 6.07 Å². The van der Waals surface area contributed by atoms with Crippen LogP contribution in [-0.2, 0) is 0 Å². The molecule has 0 atom stereocenters. The van der Waals surface area contributed by atoms with Crippen LogP contribution >= 0.6 is 0 Å². The zero-order valence-electron chi connectivity index (χ0n) is 8.55. The average molecular weight is 194 g/mol. The molecule has 0 amide bonds. The highest BCUT2D eigenvalue weighted by atomic mass is 19.1. The first-order valence-electron chi connectivity index (χ1n) is 4.67. The lowest BCUT2D eigenvalue weighted by Gasteiger charge is -1.99. The molecule has 0 spiro atoms. The highest BCUT2D eigenvalue weighted by Gasteiger charge is 1.96. The summed E-state index contributed by atoms with van der Waals surface area (Å²) in [6.07, 6.45) is 6.45. The molecule has 0 bridgehead atoms. The number of hydrogen-bond acceptors (Lipinski definition) is 2. The van der Waals surface area contributed by atoms with Crippen molar-refractivity contribution in [2.45, 2.75) is 13.3 Å². The summed E-state index contributed by atoms with van der Waals surface area (Å²) in [5.41, 5.74) is 1.89. The fourth-order valence-corrected chi connectivity index (χ4v) is 1.13. The zero-order valence-corrected chi connectivity index (χ0v) is 8.55. The van der Waals surface area contributed by atoms with Gasteiger partial charge >= 0.3 is 0 Å². The van der Waals surface area contributed by atoms with Crippen molar-refractivity contribution in [2.24, 2.45) is 0 Å². The quantitative estimate of drug-likeness (QED) is 0.587. The Morgan fingerprint density at radius 2 is 2.36 bits per heavy atom. The van der Waals surface area contributed by atoms with Crippen LogP contribution in [0.25, 0.3) is 6.08 Å². The second kappa shape index (κ2) is 5.50. The summed E-state index contributed by atoms with van der Waals surface area (Å²) in [6, 6.07) is 1.45. The fourth-order valence-electron chi connectivity index (χ4n) is 1.13. The van der Waals surface area contributed by atoms with Gasteiger partial charge in [0.15, 0.2) is 0 Å². The first-order valence-corrected chi connectivity index (χ1v) is 4.67. The normalized spacial score (nSPS) is 11.1. The molecule has 0 aliphatic heterocycles. The average Bonchev–Trinajstić information content (AvgIpc) is 2.18. The molecule has 1 heterocycles. The van der Waals surface area contributed by atoms with Crippen LogP contribution in [0.2, 0.25) is 0 Å². The molecule has 2 nitrogen and oxygen atoms in total. The van der Waals surface area contributed by atoms with Crippen LogP contribution < -0.4 is 5.32 Å². The Bertz CT molecular complexity index is 321. The minimum Gasteiger partial charge on any atom is -0.319 e. The standard InChI is InChI=1S/C11H15FN2/c1-9-8-14-11(12)7-10(9)5-3-4-6-13-2/h3,5,7-8,13H,4,6H2,1-2H3. The topological polar surface area (TPSA) is 24.9 Å². The summed E-state index contributed by atoms with van der Waals surface area (Å²) in [5.74, 6) is -0.427. The Labute approximate surface area is 83.9 Å². The molecule has 0 saturated carbocycles. The van der Waals surface area contributed by atoms with Crippen LogP contribution in [0.5, 0.6) is 0 Å². The molecule has 1 aromatic heterocycles. The van der Waals surface area contributed by atoms with Crippen LogP contribution in [0, 0.1) is 12.9 Å². The number of aromatic nitrogens is 1. The van der Waals surface area contributed by atoms with E-state index in [9.17, 15) is 4.39 Å². The van der Waals surface area contributed by atoms with Crippen molar-refractivity contribution < 1.29 is 4.39 Å². The molecule has 1 N–H and O–H groups in total. The van der Waals surface area contributed by atoms with Crippen molar-refractivity contribution in [3.63, 3.8) is 0 Å².